The van der Waals surface area contributed by atoms with E-state index in [0.29, 0.717) is 16.4 Å². The van der Waals surface area contributed by atoms with Crippen LogP contribution in [0, 0.1) is 6.92 Å². The molecule has 0 spiro atoms. The van der Waals surface area contributed by atoms with Crippen LogP contribution in [-0.2, 0) is 0 Å². The zero-order valence-electron chi connectivity index (χ0n) is 13.6. The molecule has 3 aromatic rings. The Kier molecular flexibility index (Phi) is 3.93. The van der Waals surface area contributed by atoms with Gasteiger partial charge in [0.2, 0.25) is 0 Å². The fourth-order valence-corrected chi connectivity index (χ4v) is 3.62. The van der Waals surface area contributed by atoms with Crippen molar-refractivity contribution >= 4 is 17.2 Å². The van der Waals surface area contributed by atoms with E-state index in [1.165, 1.54) is 17.4 Å². The van der Waals surface area contributed by atoms with E-state index < -0.39 is 0 Å². The summed E-state index contributed by atoms with van der Waals surface area (Å²) in [6.07, 6.45) is 2.05. The summed E-state index contributed by atoms with van der Waals surface area (Å²) in [7, 11) is 0. The number of carbonyl (C=O) groups excluding carboxylic acids is 1. The number of carbonyl (C=O) groups is 1. The lowest BCUT2D eigenvalue weighted by Crippen LogP contribution is -2.25. The van der Waals surface area contributed by atoms with Crippen LogP contribution in [0.2, 0.25) is 0 Å². The molecule has 0 saturated heterocycles. The summed E-state index contributed by atoms with van der Waals surface area (Å²) in [6, 6.07) is 11.4. The van der Waals surface area contributed by atoms with Gasteiger partial charge in [-0.25, -0.2) is 10.1 Å². The smallest absolute Gasteiger partial charge is 0.280 e. The number of hydrogen-bond acceptors (Lipinski definition) is 5. The predicted molar refractivity (Wildman–Crippen MR) is 96.6 cm³/mol. The van der Waals surface area contributed by atoms with E-state index in [1.807, 2.05) is 37.3 Å². The third kappa shape index (κ3) is 3.23. The van der Waals surface area contributed by atoms with Crippen LogP contribution >= 0.6 is 11.3 Å². The zero-order valence-corrected chi connectivity index (χ0v) is 14.4. The maximum absolute atomic E-state index is 12.4. The third-order valence-electron chi connectivity index (χ3n) is 4.00. The highest BCUT2D eigenvalue weighted by Gasteiger charge is 2.27. The van der Waals surface area contributed by atoms with Crippen molar-refractivity contribution in [2.24, 2.45) is 0 Å². The summed E-state index contributed by atoms with van der Waals surface area (Å²) in [6.45, 7) is 1.83. The first kappa shape index (κ1) is 15.7. The highest BCUT2D eigenvalue weighted by atomic mass is 32.1. The number of benzene rings is 1. The SMILES string of the molecule is Cc1cc(=O)[nH]nc1-c1sc(C(=O)NC2CC2)nc1-c1ccccc1. The van der Waals surface area contributed by atoms with Gasteiger partial charge in [0, 0.05) is 17.7 Å². The fourth-order valence-electron chi connectivity index (χ4n) is 2.57. The normalized spacial score (nSPS) is 13.6. The molecule has 2 heterocycles. The molecule has 0 aliphatic heterocycles. The lowest BCUT2D eigenvalue weighted by Gasteiger charge is -2.04. The van der Waals surface area contributed by atoms with E-state index in [2.05, 4.69) is 20.5 Å². The second-order valence-corrected chi connectivity index (χ2v) is 7.07. The summed E-state index contributed by atoms with van der Waals surface area (Å²) in [5, 5.41) is 10.0. The van der Waals surface area contributed by atoms with Gasteiger partial charge in [0.15, 0.2) is 5.01 Å². The molecular formula is C18H16N4O2S. The molecule has 2 aromatic heterocycles. The third-order valence-corrected chi connectivity index (χ3v) is 5.06. The fraction of sp³-hybridized carbons (Fsp3) is 0.222. The Labute approximate surface area is 148 Å². The van der Waals surface area contributed by atoms with E-state index in [0.717, 1.165) is 28.8 Å². The summed E-state index contributed by atoms with van der Waals surface area (Å²) < 4.78 is 0. The van der Waals surface area contributed by atoms with Crippen LogP contribution in [0.15, 0.2) is 41.2 Å². The van der Waals surface area contributed by atoms with Crippen LogP contribution in [0.25, 0.3) is 21.8 Å². The van der Waals surface area contributed by atoms with Crippen molar-refractivity contribution in [2.45, 2.75) is 25.8 Å². The lowest BCUT2D eigenvalue weighted by molar-refractivity contribution is 0.0951. The molecule has 7 heteroatoms. The number of rotatable bonds is 4. The first-order chi connectivity index (χ1) is 12.1. The van der Waals surface area contributed by atoms with Crippen LogP contribution in [0.3, 0.4) is 0 Å². The van der Waals surface area contributed by atoms with Crippen molar-refractivity contribution in [2.75, 3.05) is 0 Å². The Hall–Kier alpha value is -2.80. The van der Waals surface area contributed by atoms with Gasteiger partial charge < -0.3 is 5.32 Å². The average Bonchev–Trinajstić information content (AvgIpc) is 3.31. The molecule has 1 aliphatic carbocycles. The first-order valence-electron chi connectivity index (χ1n) is 8.05. The molecule has 1 fully saturated rings. The number of aromatic nitrogens is 3. The van der Waals surface area contributed by atoms with E-state index in [1.54, 1.807) is 0 Å². The molecule has 0 atom stereocenters. The molecular weight excluding hydrogens is 336 g/mol. The molecule has 1 saturated carbocycles. The molecule has 1 amide bonds. The van der Waals surface area contributed by atoms with Gasteiger partial charge >= 0.3 is 0 Å². The number of amides is 1. The minimum atomic E-state index is -0.251. The van der Waals surface area contributed by atoms with Crippen molar-refractivity contribution in [3.63, 3.8) is 0 Å². The predicted octanol–water partition coefficient (Wildman–Crippen LogP) is 2.76. The second kappa shape index (κ2) is 6.25. The molecule has 6 nitrogen and oxygen atoms in total. The van der Waals surface area contributed by atoms with Crippen molar-refractivity contribution in [3.8, 4) is 21.8 Å². The van der Waals surface area contributed by atoms with Gasteiger partial charge in [-0.05, 0) is 25.3 Å². The van der Waals surface area contributed by atoms with E-state index in [4.69, 9.17) is 0 Å². The zero-order chi connectivity index (χ0) is 17.4. The van der Waals surface area contributed by atoms with Gasteiger partial charge in [-0.1, -0.05) is 30.3 Å². The van der Waals surface area contributed by atoms with Gasteiger partial charge in [0.05, 0.1) is 10.6 Å². The van der Waals surface area contributed by atoms with Crippen molar-refractivity contribution in [3.05, 3.63) is 57.3 Å². The number of thiazole rings is 1. The van der Waals surface area contributed by atoms with E-state index >= 15 is 0 Å². The molecule has 0 radical (unpaired) electrons. The number of hydrogen-bond donors (Lipinski definition) is 2. The number of H-pyrrole nitrogens is 1. The molecule has 0 bridgehead atoms. The van der Waals surface area contributed by atoms with Gasteiger partial charge in [-0.3, -0.25) is 9.59 Å². The molecule has 4 rings (SSSR count). The Bertz CT molecular complexity index is 990. The Morgan fingerprint density at radius 2 is 2.00 bits per heavy atom. The van der Waals surface area contributed by atoms with E-state index in [-0.39, 0.29) is 17.5 Å². The highest BCUT2D eigenvalue weighted by molar-refractivity contribution is 7.17. The highest BCUT2D eigenvalue weighted by Crippen LogP contribution is 2.37. The topological polar surface area (TPSA) is 87.7 Å². The van der Waals surface area contributed by atoms with Crippen LogP contribution in [0.1, 0.15) is 28.2 Å². The van der Waals surface area contributed by atoms with Gasteiger partial charge in [0.1, 0.15) is 5.69 Å². The standard InChI is InChI=1S/C18H16N4O2S/c1-10-9-13(23)21-22-14(10)16-15(11-5-3-2-4-6-11)20-18(25-16)17(24)19-12-7-8-12/h2-6,9,12H,7-8H2,1H3,(H,19,24)(H,21,23). The number of aromatic amines is 1. The number of aryl methyl sites for hydroxylation is 1. The van der Waals surface area contributed by atoms with Crippen LogP contribution in [-0.4, -0.2) is 27.1 Å². The molecule has 1 aliphatic rings. The summed E-state index contributed by atoms with van der Waals surface area (Å²) in [4.78, 5) is 29.3. The molecule has 0 unspecified atom stereocenters. The molecule has 25 heavy (non-hydrogen) atoms. The molecule has 126 valence electrons. The average molecular weight is 352 g/mol. The monoisotopic (exact) mass is 352 g/mol. The summed E-state index contributed by atoms with van der Waals surface area (Å²) >= 11 is 1.30. The summed E-state index contributed by atoms with van der Waals surface area (Å²) in [5.41, 5.74) is 2.75. The van der Waals surface area contributed by atoms with Crippen molar-refractivity contribution in [1.29, 1.82) is 0 Å². The van der Waals surface area contributed by atoms with Crippen LogP contribution in [0.4, 0.5) is 0 Å². The number of nitrogens with one attached hydrogen (secondary N) is 2. The van der Waals surface area contributed by atoms with Crippen LogP contribution in [0.5, 0.6) is 0 Å². The van der Waals surface area contributed by atoms with Gasteiger partial charge in [0.25, 0.3) is 11.5 Å². The number of nitrogens with zero attached hydrogens (tertiary/aromatic N) is 2. The Balaban J connectivity index is 1.84. The largest absolute Gasteiger partial charge is 0.347 e. The molecule has 1 aromatic carbocycles. The van der Waals surface area contributed by atoms with Gasteiger partial charge in [-0.2, -0.15) is 5.10 Å². The van der Waals surface area contributed by atoms with Gasteiger partial charge in [-0.15, -0.1) is 11.3 Å². The minimum Gasteiger partial charge on any atom is -0.347 e. The van der Waals surface area contributed by atoms with Crippen molar-refractivity contribution < 1.29 is 4.79 Å². The molecule has 2 N–H and O–H groups in total. The Morgan fingerprint density at radius 1 is 1.24 bits per heavy atom. The maximum Gasteiger partial charge on any atom is 0.280 e. The lowest BCUT2D eigenvalue weighted by atomic mass is 10.1. The van der Waals surface area contributed by atoms with Crippen LogP contribution < -0.4 is 10.9 Å². The van der Waals surface area contributed by atoms with Crippen molar-refractivity contribution in [1.82, 2.24) is 20.5 Å². The quantitative estimate of drug-likeness (QED) is 0.756. The Morgan fingerprint density at radius 3 is 2.68 bits per heavy atom. The first-order valence-corrected chi connectivity index (χ1v) is 8.87. The second-order valence-electron chi connectivity index (χ2n) is 6.07. The minimum absolute atomic E-state index is 0.155. The maximum atomic E-state index is 12.4. The van der Waals surface area contributed by atoms with E-state index in [9.17, 15) is 9.59 Å². The summed E-state index contributed by atoms with van der Waals surface area (Å²) in [5.74, 6) is -0.155.